The van der Waals surface area contributed by atoms with Crippen LogP contribution in [-0.2, 0) is 9.47 Å². The van der Waals surface area contributed by atoms with E-state index < -0.39 is 0 Å². The number of methoxy groups -OCH3 is 2. The number of hydrogen-bond donors (Lipinski definition) is 1. The highest BCUT2D eigenvalue weighted by Crippen LogP contribution is 2.15. The molecule has 0 saturated carbocycles. The molecule has 1 saturated heterocycles. The van der Waals surface area contributed by atoms with Gasteiger partial charge in [0.15, 0.2) is 0 Å². The quantitative estimate of drug-likeness (QED) is 0.619. The van der Waals surface area contributed by atoms with Gasteiger partial charge in [0.05, 0.1) is 6.61 Å². The fraction of sp³-hybridized carbons (Fsp3) is 1.00. The van der Waals surface area contributed by atoms with E-state index in [-0.39, 0.29) is 0 Å². The molecule has 1 fully saturated rings. The van der Waals surface area contributed by atoms with Crippen LogP contribution in [0.2, 0.25) is 0 Å². The average Bonchev–Trinajstić information content (AvgIpc) is 2.70. The lowest BCUT2D eigenvalue weighted by Crippen LogP contribution is -2.42. The Balaban J connectivity index is 2.35. The van der Waals surface area contributed by atoms with Crippen molar-refractivity contribution in [3.63, 3.8) is 0 Å². The van der Waals surface area contributed by atoms with Gasteiger partial charge in [-0.3, -0.25) is 4.90 Å². The summed E-state index contributed by atoms with van der Waals surface area (Å²) in [5.74, 6) is 0.736. The van der Waals surface area contributed by atoms with Crippen LogP contribution < -0.4 is 5.32 Å². The van der Waals surface area contributed by atoms with Crippen LogP contribution in [0.1, 0.15) is 13.3 Å². The molecule has 4 nitrogen and oxygen atoms in total. The van der Waals surface area contributed by atoms with Gasteiger partial charge in [-0.15, -0.1) is 0 Å². The summed E-state index contributed by atoms with van der Waals surface area (Å²) in [7, 11) is 3.53. The van der Waals surface area contributed by atoms with Crippen LogP contribution in [0.15, 0.2) is 0 Å². The van der Waals surface area contributed by atoms with Crippen molar-refractivity contribution >= 4 is 0 Å². The van der Waals surface area contributed by atoms with E-state index in [2.05, 4.69) is 17.1 Å². The fourth-order valence-electron chi connectivity index (χ4n) is 2.35. The molecule has 1 rings (SSSR count). The molecule has 0 aliphatic carbocycles. The summed E-state index contributed by atoms with van der Waals surface area (Å²) in [5.41, 5.74) is 0. The Morgan fingerprint density at radius 2 is 1.88 bits per heavy atom. The van der Waals surface area contributed by atoms with Crippen LogP contribution in [0.5, 0.6) is 0 Å². The van der Waals surface area contributed by atoms with Crippen molar-refractivity contribution in [2.75, 3.05) is 53.6 Å². The Labute approximate surface area is 99.3 Å². The smallest absolute Gasteiger partial charge is 0.0589 e. The minimum Gasteiger partial charge on any atom is -0.385 e. The van der Waals surface area contributed by atoms with Crippen molar-refractivity contribution in [3.05, 3.63) is 0 Å². The van der Waals surface area contributed by atoms with Gasteiger partial charge in [-0.1, -0.05) is 6.92 Å². The number of ether oxygens (including phenoxy) is 2. The van der Waals surface area contributed by atoms with E-state index >= 15 is 0 Å². The highest BCUT2D eigenvalue weighted by molar-refractivity contribution is 4.86. The highest BCUT2D eigenvalue weighted by Gasteiger charge is 2.28. The molecule has 1 aliphatic heterocycles. The monoisotopic (exact) mass is 230 g/mol. The summed E-state index contributed by atoms with van der Waals surface area (Å²) in [5, 5.41) is 3.46. The highest BCUT2D eigenvalue weighted by atomic mass is 16.5. The normalized spacial score (nSPS) is 25.5. The molecule has 2 unspecified atom stereocenters. The molecule has 1 heterocycles. The molecule has 0 aromatic carbocycles. The first-order valence-corrected chi connectivity index (χ1v) is 6.22. The predicted molar refractivity (Wildman–Crippen MR) is 65.8 cm³/mol. The van der Waals surface area contributed by atoms with Gasteiger partial charge in [0.25, 0.3) is 0 Å². The van der Waals surface area contributed by atoms with E-state index in [0.29, 0.717) is 6.04 Å². The van der Waals surface area contributed by atoms with E-state index in [9.17, 15) is 0 Å². The Morgan fingerprint density at radius 3 is 2.44 bits per heavy atom. The Morgan fingerprint density at radius 1 is 1.12 bits per heavy atom. The lowest BCUT2D eigenvalue weighted by atomic mass is 10.0. The topological polar surface area (TPSA) is 33.7 Å². The van der Waals surface area contributed by atoms with Gasteiger partial charge < -0.3 is 14.8 Å². The number of nitrogens with zero attached hydrogens (tertiary/aromatic N) is 1. The summed E-state index contributed by atoms with van der Waals surface area (Å²) < 4.78 is 10.3. The van der Waals surface area contributed by atoms with E-state index in [4.69, 9.17) is 9.47 Å². The molecule has 0 amide bonds. The molecule has 0 radical (unpaired) electrons. The van der Waals surface area contributed by atoms with Crippen LogP contribution in [0, 0.1) is 5.92 Å². The average molecular weight is 230 g/mol. The van der Waals surface area contributed by atoms with Gasteiger partial charge in [-0.25, -0.2) is 0 Å². The molecule has 0 aromatic heterocycles. The first kappa shape index (κ1) is 13.9. The van der Waals surface area contributed by atoms with Crippen molar-refractivity contribution in [3.8, 4) is 0 Å². The van der Waals surface area contributed by atoms with Crippen molar-refractivity contribution in [2.45, 2.75) is 19.4 Å². The minimum atomic E-state index is 0.659. The zero-order valence-corrected chi connectivity index (χ0v) is 10.9. The van der Waals surface area contributed by atoms with E-state index in [1.807, 2.05) is 0 Å². The van der Waals surface area contributed by atoms with Crippen LogP contribution in [0.3, 0.4) is 0 Å². The third kappa shape index (κ3) is 4.37. The fourth-order valence-corrected chi connectivity index (χ4v) is 2.35. The Bertz CT molecular complexity index is 178. The summed E-state index contributed by atoms with van der Waals surface area (Å²) in [6.07, 6.45) is 1.10. The lowest BCUT2D eigenvalue weighted by molar-refractivity contribution is 0.0996. The second-order valence-corrected chi connectivity index (χ2v) is 4.58. The first-order chi connectivity index (χ1) is 7.79. The maximum atomic E-state index is 5.18. The lowest BCUT2D eigenvalue weighted by Gasteiger charge is -2.30. The molecule has 0 spiro atoms. The number of rotatable bonds is 8. The zero-order valence-electron chi connectivity index (χ0n) is 10.9. The SMILES string of the molecule is COCCCN(CCOC)C1CNCC1C. The Hall–Kier alpha value is -0.160. The van der Waals surface area contributed by atoms with Gasteiger partial charge in [-0.2, -0.15) is 0 Å². The Kier molecular flexibility index (Phi) is 6.96. The molecular weight excluding hydrogens is 204 g/mol. The largest absolute Gasteiger partial charge is 0.385 e. The maximum absolute atomic E-state index is 5.18. The summed E-state index contributed by atoms with van der Waals surface area (Å²) in [6, 6.07) is 0.659. The summed E-state index contributed by atoms with van der Waals surface area (Å²) in [4.78, 5) is 2.53. The number of hydrogen-bond acceptors (Lipinski definition) is 4. The second-order valence-electron chi connectivity index (χ2n) is 4.58. The van der Waals surface area contributed by atoms with Gasteiger partial charge in [0, 0.05) is 46.5 Å². The van der Waals surface area contributed by atoms with Gasteiger partial charge >= 0.3 is 0 Å². The molecule has 0 bridgehead atoms. The first-order valence-electron chi connectivity index (χ1n) is 6.22. The third-order valence-electron chi connectivity index (χ3n) is 3.32. The molecule has 16 heavy (non-hydrogen) atoms. The second kappa shape index (κ2) is 8.01. The van der Waals surface area contributed by atoms with Gasteiger partial charge in [0.1, 0.15) is 0 Å². The van der Waals surface area contributed by atoms with Crippen molar-refractivity contribution in [1.82, 2.24) is 10.2 Å². The van der Waals surface area contributed by atoms with Crippen molar-refractivity contribution in [1.29, 1.82) is 0 Å². The van der Waals surface area contributed by atoms with E-state index in [1.165, 1.54) is 0 Å². The summed E-state index contributed by atoms with van der Waals surface area (Å²) in [6.45, 7) is 8.36. The zero-order chi connectivity index (χ0) is 11.8. The number of nitrogens with one attached hydrogen (secondary N) is 1. The maximum Gasteiger partial charge on any atom is 0.0589 e. The standard InChI is InChI=1S/C12H26N2O2/c1-11-9-13-10-12(11)14(6-8-16-3)5-4-7-15-2/h11-13H,4-10H2,1-3H3. The molecule has 1 aliphatic rings. The van der Waals surface area contributed by atoms with E-state index in [0.717, 1.165) is 51.7 Å². The van der Waals surface area contributed by atoms with Crippen molar-refractivity contribution < 1.29 is 9.47 Å². The van der Waals surface area contributed by atoms with Crippen molar-refractivity contribution in [2.24, 2.45) is 5.92 Å². The minimum absolute atomic E-state index is 0.659. The molecule has 1 N–H and O–H groups in total. The van der Waals surface area contributed by atoms with Crippen LogP contribution in [0.25, 0.3) is 0 Å². The predicted octanol–water partition coefficient (Wildman–Crippen LogP) is 0.579. The molecule has 2 atom stereocenters. The van der Waals surface area contributed by atoms with Crippen LogP contribution in [-0.4, -0.2) is 64.6 Å². The van der Waals surface area contributed by atoms with Gasteiger partial charge in [0.2, 0.25) is 0 Å². The molecular formula is C12H26N2O2. The summed E-state index contributed by atoms with van der Waals surface area (Å²) >= 11 is 0. The van der Waals surface area contributed by atoms with Crippen LogP contribution in [0.4, 0.5) is 0 Å². The molecule has 0 aromatic rings. The molecule has 4 heteroatoms. The van der Waals surface area contributed by atoms with E-state index in [1.54, 1.807) is 14.2 Å². The van der Waals surface area contributed by atoms with Gasteiger partial charge in [-0.05, 0) is 18.9 Å². The third-order valence-corrected chi connectivity index (χ3v) is 3.32. The van der Waals surface area contributed by atoms with Crippen LogP contribution >= 0.6 is 0 Å². The molecule has 96 valence electrons.